The normalized spacial score (nSPS) is 14.4. The van der Waals surface area contributed by atoms with Crippen molar-refractivity contribution in [1.29, 1.82) is 0 Å². The molecule has 1 aromatic heterocycles. The average Bonchev–Trinajstić information content (AvgIpc) is 2.86. The van der Waals surface area contributed by atoms with Gasteiger partial charge in [-0.05, 0) is 44.5 Å². The molecule has 20 heavy (non-hydrogen) atoms. The van der Waals surface area contributed by atoms with Crippen LogP contribution in [0.2, 0.25) is 0 Å². The molecule has 0 spiro atoms. The van der Waals surface area contributed by atoms with Crippen LogP contribution >= 0.6 is 0 Å². The zero-order valence-electron chi connectivity index (χ0n) is 12.3. The van der Waals surface area contributed by atoms with Crippen molar-refractivity contribution in [2.45, 2.75) is 32.9 Å². The molecule has 1 aromatic carbocycles. The molecule has 106 valence electrons. The average molecular weight is 270 g/mol. The number of fused-ring (bicyclic) bond motifs is 1. The van der Waals surface area contributed by atoms with Gasteiger partial charge in [0.15, 0.2) is 0 Å². The smallest absolute Gasteiger partial charge is 0.122 e. The predicted octanol–water partition coefficient (Wildman–Crippen LogP) is 3.26. The van der Waals surface area contributed by atoms with Crippen molar-refractivity contribution < 1.29 is 4.42 Å². The number of nitrogens with one attached hydrogen (secondary N) is 1. The van der Waals surface area contributed by atoms with Crippen molar-refractivity contribution in [2.75, 3.05) is 18.5 Å². The van der Waals surface area contributed by atoms with Crippen LogP contribution in [0.1, 0.15) is 28.9 Å². The number of hydrogen-bond acceptors (Lipinski definition) is 3. The number of rotatable bonds is 4. The second-order valence-corrected chi connectivity index (χ2v) is 5.56. The predicted molar refractivity (Wildman–Crippen MR) is 82.0 cm³/mol. The van der Waals surface area contributed by atoms with E-state index in [1.165, 1.54) is 35.2 Å². The highest BCUT2D eigenvalue weighted by Crippen LogP contribution is 2.29. The van der Waals surface area contributed by atoms with Crippen molar-refractivity contribution >= 4 is 5.69 Å². The molecule has 1 N–H and O–H groups in total. The Balaban J connectivity index is 1.84. The third-order valence-corrected chi connectivity index (χ3v) is 3.99. The molecule has 0 amide bonds. The summed E-state index contributed by atoms with van der Waals surface area (Å²) in [6.07, 6.45) is 4.22. The number of benzene rings is 1. The fourth-order valence-electron chi connectivity index (χ4n) is 3.00. The van der Waals surface area contributed by atoms with Gasteiger partial charge in [-0.25, -0.2) is 0 Å². The number of hydrogen-bond donors (Lipinski definition) is 1. The number of nitrogens with zero attached hydrogens (tertiary/aromatic N) is 1. The third kappa shape index (κ3) is 2.59. The molecule has 0 unspecified atom stereocenters. The van der Waals surface area contributed by atoms with Gasteiger partial charge in [0.1, 0.15) is 5.76 Å². The van der Waals surface area contributed by atoms with E-state index < -0.39 is 0 Å². The van der Waals surface area contributed by atoms with E-state index >= 15 is 0 Å². The fraction of sp³-hybridized carbons (Fsp3) is 0.412. The van der Waals surface area contributed by atoms with Crippen molar-refractivity contribution in [3.63, 3.8) is 0 Å². The number of anilines is 1. The Bertz CT molecular complexity index is 588. The molecule has 1 aliphatic heterocycles. The first-order valence-electron chi connectivity index (χ1n) is 7.32. The molecule has 2 aromatic rings. The van der Waals surface area contributed by atoms with Gasteiger partial charge in [0, 0.05) is 24.3 Å². The zero-order chi connectivity index (χ0) is 13.9. The summed E-state index contributed by atoms with van der Waals surface area (Å²) in [6.45, 7) is 5.01. The first-order valence-corrected chi connectivity index (χ1v) is 7.32. The lowest BCUT2D eigenvalue weighted by molar-refractivity contribution is 0.489. The van der Waals surface area contributed by atoms with Crippen molar-refractivity contribution in [2.24, 2.45) is 0 Å². The van der Waals surface area contributed by atoms with E-state index in [4.69, 9.17) is 4.42 Å². The topological polar surface area (TPSA) is 28.4 Å². The number of aryl methyl sites for hydroxylation is 2. The molecule has 3 heteroatoms. The summed E-state index contributed by atoms with van der Waals surface area (Å²) in [5.74, 6) is 1.05. The minimum absolute atomic E-state index is 0.789. The van der Waals surface area contributed by atoms with Gasteiger partial charge in [0.2, 0.25) is 0 Å². The van der Waals surface area contributed by atoms with E-state index in [-0.39, 0.29) is 0 Å². The highest BCUT2D eigenvalue weighted by Gasteiger charge is 2.18. The van der Waals surface area contributed by atoms with Crippen LogP contribution in [0, 0.1) is 6.92 Å². The summed E-state index contributed by atoms with van der Waals surface area (Å²) in [6, 6.07) is 8.89. The maximum atomic E-state index is 5.56. The molecule has 3 rings (SSSR count). The highest BCUT2D eigenvalue weighted by atomic mass is 16.3. The molecule has 0 saturated carbocycles. The van der Waals surface area contributed by atoms with Crippen LogP contribution in [0.4, 0.5) is 5.69 Å². The Morgan fingerprint density at radius 3 is 3.05 bits per heavy atom. The quantitative estimate of drug-likeness (QED) is 0.924. The monoisotopic (exact) mass is 270 g/mol. The lowest BCUT2D eigenvalue weighted by Gasteiger charge is -2.31. The van der Waals surface area contributed by atoms with Gasteiger partial charge < -0.3 is 14.6 Å². The van der Waals surface area contributed by atoms with Gasteiger partial charge in [-0.3, -0.25) is 0 Å². The maximum Gasteiger partial charge on any atom is 0.122 e. The molecule has 0 aliphatic carbocycles. The summed E-state index contributed by atoms with van der Waals surface area (Å²) in [7, 11) is 1.95. The molecule has 1 aliphatic rings. The van der Waals surface area contributed by atoms with E-state index in [1.54, 1.807) is 6.26 Å². The van der Waals surface area contributed by atoms with Crippen LogP contribution < -0.4 is 10.2 Å². The summed E-state index contributed by atoms with van der Waals surface area (Å²) in [5.41, 5.74) is 5.51. The van der Waals surface area contributed by atoms with E-state index in [0.717, 1.165) is 25.4 Å². The van der Waals surface area contributed by atoms with E-state index in [1.807, 2.05) is 7.05 Å². The van der Waals surface area contributed by atoms with Crippen LogP contribution in [0.15, 0.2) is 34.9 Å². The van der Waals surface area contributed by atoms with Gasteiger partial charge in [-0.2, -0.15) is 0 Å². The molecule has 0 fully saturated rings. The first kappa shape index (κ1) is 13.3. The zero-order valence-corrected chi connectivity index (χ0v) is 12.3. The molecular weight excluding hydrogens is 248 g/mol. The standard InChI is InChI=1S/C17H22N2O/c1-13-5-6-16-14(10-13)4-3-8-19(16)12-15-7-9-20-17(15)11-18-2/h5-7,9-10,18H,3-4,8,11-12H2,1-2H3. The second kappa shape index (κ2) is 5.71. The largest absolute Gasteiger partial charge is 0.468 e. The molecule has 3 nitrogen and oxygen atoms in total. The lowest BCUT2D eigenvalue weighted by Crippen LogP contribution is -2.29. The van der Waals surface area contributed by atoms with Gasteiger partial charge in [0.05, 0.1) is 12.8 Å². The Labute approximate surface area is 120 Å². The minimum Gasteiger partial charge on any atom is -0.468 e. The van der Waals surface area contributed by atoms with E-state index in [2.05, 4.69) is 41.4 Å². The van der Waals surface area contributed by atoms with Crippen LogP contribution in [0.3, 0.4) is 0 Å². The van der Waals surface area contributed by atoms with Crippen LogP contribution in [0.25, 0.3) is 0 Å². The second-order valence-electron chi connectivity index (χ2n) is 5.56. The fourth-order valence-corrected chi connectivity index (χ4v) is 3.00. The summed E-state index contributed by atoms with van der Waals surface area (Å²) < 4.78 is 5.56. The van der Waals surface area contributed by atoms with Gasteiger partial charge in [-0.1, -0.05) is 17.7 Å². The summed E-state index contributed by atoms with van der Waals surface area (Å²) >= 11 is 0. The van der Waals surface area contributed by atoms with E-state index in [9.17, 15) is 0 Å². The minimum atomic E-state index is 0.789. The Hall–Kier alpha value is -1.74. The van der Waals surface area contributed by atoms with Gasteiger partial charge in [0.25, 0.3) is 0 Å². The van der Waals surface area contributed by atoms with E-state index in [0.29, 0.717) is 0 Å². The Morgan fingerprint density at radius 2 is 2.20 bits per heavy atom. The third-order valence-electron chi connectivity index (χ3n) is 3.99. The summed E-state index contributed by atoms with van der Waals surface area (Å²) in [5, 5.41) is 3.16. The molecular formula is C17H22N2O. The lowest BCUT2D eigenvalue weighted by atomic mass is 9.99. The van der Waals surface area contributed by atoms with Gasteiger partial charge in [-0.15, -0.1) is 0 Å². The molecule has 0 atom stereocenters. The van der Waals surface area contributed by atoms with Gasteiger partial charge >= 0.3 is 0 Å². The SMILES string of the molecule is CNCc1occc1CN1CCCc2cc(C)ccc21. The van der Waals surface area contributed by atoms with Crippen molar-refractivity contribution in [3.05, 3.63) is 53.0 Å². The Morgan fingerprint density at radius 1 is 1.30 bits per heavy atom. The van der Waals surface area contributed by atoms with Crippen LogP contribution in [-0.4, -0.2) is 13.6 Å². The Kier molecular flexibility index (Phi) is 3.79. The van der Waals surface area contributed by atoms with Crippen molar-refractivity contribution in [1.82, 2.24) is 5.32 Å². The van der Waals surface area contributed by atoms with Crippen LogP contribution in [0.5, 0.6) is 0 Å². The maximum absolute atomic E-state index is 5.56. The van der Waals surface area contributed by atoms with Crippen molar-refractivity contribution in [3.8, 4) is 0 Å². The highest BCUT2D eigenvalue weighted by molar-refractivity contribution is 5.57. The molecule has 0 radical (unpaired) electrons. The molecule has 0 saturated heterocycles. The molecule has 0 bridgehead atoms. The van der Waals surface area contributed by atoms with Crippen LogP contribution in [-0.2, 0) is 19.5 Å². The summed E-state index contributed by atoms with van der Waals surface area (Å²) in [4.78, 5) is 2.47. The first-order chi connectivity index (χ1) is 9.78. The number of furan rings is 1. The molecule has 2 heterocycles.